The third-order valence-electron chi connectivity index (χ3n) is 3.45. The molecule has 124 valence electrons. The van der Waals surface area contributed by atoms with Crippen LogP contribution in [0.2, 0.25) is 0 Å². The van der Waals surface area contributed by atoms with Crippen LogP contribution in [0.1, 0.15) is 32.0 Å². The van der Waals surface area contributed by atoms with Crippen molar-refractivity contribution in [3.05, 3.63) is 21.0 Å². The minimum atomic E-state index is -4.72. The summed E-state index contributed by atoms with van der Waals surface area (Å²) in [6.07, 6.45) is -2.12. The lowest BCUT2D eigenvalue weighted by atomic mass is 10.2. The highest BCUT2D eigenvalue weighted by Gasteiger charge is 2.38. The molecule has 3 rings (SSSR count). The second-order valence-electron chi connectivity index (χ2n) is 5.10. The highest BCUT2D eigenvalue weighted by Crippen LogP contribution is 2.27. The van der Waals surface area contributed by atoms with Crippen LogP contribution < -0.4 is 10.7 Å². The summed E-state index contributed by atoms with van der Waals surface area (Å²) in [6, 6.07) is 0. The van der Waals surface area contributed by atoms with Crippen molar-refractivity contribution < 1.29 is 18.2 Å². The van der Waals surface area contributed by atoms with E-state index in [2.05, 4.69) is 36.0 Å². The molecule has 3 aromatic rings. The van der Waals surface area contributed by atoms with Crippen LogP contribution in [0, 0.1) is 0 Å². The zero-order valence-corrected chi connectivity index (χ0v) is 13.6. The van der Waals surface area contributed by atoms with Gasteiger partial charge in [0.1, 0.15) is 0 Å². The molecule has 7 nitrogen and oxygen atoms in total. The lowest BCUT2D eigenvalue weighted by molar-refractivity contribution is -0.364. The molecule has 23 heavy (non-hydrogen) atoms. The molecule has 3 heterocycles. The summed E-state index contributed by atoms with van der Waals surface area (Å²) in [4.78, 5) is 21.7. The third kappa shape index (κ3) is 2.73. The zero-order valence-electron chi connectivity index (χ0n) is 12.0. The maximum atomic E-state index is 12.8. The highest BCUT2D eigenvalue weighted by atomic mass is 79.9. The van der Waals surface area contributed by atoms with Gasteiger partial charge in [-0.15, -0.1) is 9.61 Å². The molecule has 0 aliphatic rings. The second kappa shape index (κ2) is 5.62. The molecular weight excluding hydrogens is 381 g/mol. The van der Waals surface area contributed by atoms with Crippen LogP contribution >= 0.6 is 15.9 Å². The first-order valence-corrected chi connectivity index (χ1v) is 7.79. The quantitative estimate of drug-likeness (QED) is 0.544. The fourth-order valence-corrected chi connectivity index (χ4v) is 2.78. The monoisotopic (exact) mass is 393 g/mol. The molecular formula is C12H13BrF3N6O+. The number of H-pyrrole nitrogens is 2. The SMILES string of the molecule is CCCCCn1c(=O)n2nc(C(F)(F)F)nc2c2[nH]c(Br)[nH+]c21. The maximum absolute atomic E-state index is 12.8. The molecule has 0 aliphatic carbocycles. The van der Waals surface area contributed by atoms with Crippen LogP contribution in [0.5, 0.6) is 0 Å². The van der Waals surface area contributed by atoms with E-state index in [-0.39, 0.29) is 11.2 Å². The summed E-state index contributed by atoms with van der Waals surface area (Å²) in [6.45, 7) is 2.40. The predicted molar refractivity (Wildman–Crippen MR) is 77.9 cm³/mol. The van der Waals surface area contributed by atoms with Gasteiger partial charge in [-0.3, -0.25) is 4.98 Å². The molecule has 3 aromatic heterocycles. The Kier molecular flexibility index (Phi) is 3.90. The first-order chi connectivity index (χ1) is 10.8. The van der Waals surface area contributed by atoms with E-state index >= 15 is 0 Å². The van der Waals surface area contributed by atoms with Crippen molar-refractivity contribution in [2.24, 2.45) is 0 Å². The average Bonchev–Trinajstić information content (AvgIpc) is 3.05. The summed E-state index contributed by atoms with van der Waals surface area (Å²) in [5.41, 5.74) is -0.150. The first-order valence-electron chi connectivity index (χ1n) is 7.00. The Morgan fingerprint density at radius 1 is 1.35 bits per heavy atom. The summed E-state index contributed by atoms with van der Waals surface area (Å²) in [5.74, 6) is -1.34. The molecule has 0 amide bonds. The Morgan fingerprint density at radius 3 is 2.74 bits per heavy atom. The number of imidazole rings is 1. The molecule has 0 radical (unpaired) electrons. The van der Waals surface area contributed by atoms with Gasteiger partial charge in [-0.25, -0.2) is 14.3 Å². The van der Waals surface area contributed by atoms with Crippen LogP contribution in [0.25, 0.3) is 16.8 Å². The summed E-state index contributed by atoms with van der Waals surface area (Å²) in [7, 11) is 0. The van der Waals surface area contributed by atoms with E-state index in [9.17, 15) is 18.0 Å². The fraction of sp³-hybridized carbons (Fsp3) is 0.500. The van der Waals surface area contributed by atoms with Gasteiger partial charge in [-0.1, -0.05) is 19.8 Å². The molecule has 0 spiro atoms. The molecule has 2 N–H and O–H groups in total. The summed E-state index contributed by atoms with van der Waals surface area (Å²) >= 11 is 3.19. The van der Waals surface area contributed by atoms with Gasteiger partial charge in [0.15, 0.2) is 0 Å². The predicted octanol–water partition coefficient (Wildman–Crippen LogP) is 2.16. The number of aryl methyl sites for hydroxylation is 1. The van der Waals surface area contributed by atoms with Crippen LogP contribution in [-0.2, 0) is 12.7 Å². The van der Waals surface area contributed by atoms with Gasteiger partial charge in [0.2, 0.25) is 11.2 Å². The zero-order chi connectivity index (χ0) is 16.8. The molecule has 0 atom stereocenters. The Labute approximate surface area is 135 Å². The van der Waals surface area contributed by atoms with Gasteiger partial charge in [-0.05, 0) is 6.42 Å². The molecule has 0 unspecified atom stereocenters. The van der Waals surface area contributed by atoms with Crippen molar-refractivity contribution in [3.8, 4) is 0 Å². The standard InChI is InChI=1S/C12H12BrF3N6O/c1-2-3-4-5-21-7-6(17-10(13)19-7)8-18-9(12(14,15)16)20-22(8)11(21)23/h2-5H2,1H3,(H,17,19)/p+1. The Bertz CT molecular complexity index is 925. The number of aromatic amines is 2. The Hall–Kier alpha value is -1.91. The Morgan fingerprint density at radius 2 is 2.09 bits per heavy atom. The van der Waals surface area contributed by atoms with E-state index in [0.29, 0.717) is 21.4 Å². The lowest BCUT2D eigenvalue weighted by Crippen LogP contribution is -2.30. The smallest absolute Gasteiger partial charge is 0.258 e. The number of unbranched alkanes of at least 4 members (excludes halogenated alkanes) is 2. The number of hydrogen-bond donors (Lipinski definition) is 1. The van der Waals surface area contributed by atoms with Gasteiger partial charge < -0.3 is 0 Å². The molecule has 0 aromatic carbocycles. The van der Waals surface area contributed by atoms with E-state index < -0.39 is 17.7 Å². The highest BCUT2D eigenvalue weighted by molar-refractivity contribution is 9.10. The van der Waals surface area contributed by atoms with Crippen molar-refractivity contribution in [1.29, 1.82) is 0 Å². The van der Waals surface area contributed by atoms with Gasteiger partial charge in [-0.2, -0.15) is 18.2 Å². The number of aromatic nitrogens is 6. The van der Waals surface area contributed by atoms with E-state index in [1.807, 2.05) is 6.92 Å². The summed E-state index contributed by atoms with van der Waals surface area (Å²) in [5, 5.41) is 3.33. The molecule has 11 heteroatoms. The average molecular weight is 394 g/mol. The largest absolute Gasteiger partial charge is 0.453 e. The molecule has 0 aliphatic heterocycles. The molecule has 0 saturated carbocycles. The van der Waals surface area contributed by atoms with Crippen molar-refractivity contribution in [2.75, 3.05) is 0 Å². The molecule has 0 bridgehead atoms. The van der Waals surface area contributed by atoms with Crippen molar-refractivity contribution in [1.82, 2.24) is 24.1 Å². The molecule has 0 saturated heterocycles. The van der Waals surface area contributed by atoms with Crippen molar-refractivity contribution in [2.45, 2.75) is 38.9 Å². The number of nitrogens with zero attached hydrogens (tertiary/aromatic N) is 4. The van der Waals surface area contributed by atoms with E-state index in [1.54, 1.807) is 0 Å². The Balaban J connectivity index is 2.29. The van der Waals surface area contributed by atoms with Crippen LogP contribution in [0.4, 0.5) is 13.2 Å². The number of alkyl halides is 3. The van der Waals surface area contributed by atoms with E-state index in [4.69, 9.17) is 0 Å². The summed E-state index contributed by atoms with van der Waals surface area (Å²) < 4.78 is 41.0. The van der Waals surface area contributed by atoms with Crippen molar-refractivity contribution in [3.63, 3.8) is 0 Å². The van der Waals surface area contributed by atoms with Crippen LogP contribution in [0.3, 0.4) is 0 Å². The number of hydrogen-bond acceptors (Lipinski definition) is 3. The second-order valence-corrected chi connectivity index (χ2v) is 5.89. The van der Waals surface area contributed by atoms with E-state index in [0.717, 1.165) is 19.3 Å². The van der Waals surface area contributed by atoms with Crippen LogP contribution in [-0.4, -0.2) is 24.1 Å². The van der Waals surface area contributed by atoms with Gasteiger partial charge in [0.05, 0.1) is 6.54 Å². The molecule has 0 fully saturated rings. The maximum Gasteiger partial charge on any atom is 0.453 e. The fourth-order valence-electron chi connectivity index (χ4n) is 2.40. The lowest BCUT2D eigenvalue weighted by Gasteiger charge is -2.01. The minimum Gasteiger partial charge on any atom is -0.258 e. The minimum absolute atomic E-state index is 0.161. The number of rotatable bonds is 4. The van der Waals surface area contributed by atoms with Gasteiger partial charge >= 0.3 is 11.9 Å². The van der Waals surface area contributed by atoms with E-state index in [1.165, 1.54) is 4.57 Å². The topological polar surface area (TPSA) is 82.1 Å². The normalized spacial score (nSPS) is 12.6. The first kappa shape index (κ1) is 16.0. The number of nitrogens with one attached hydrogen (secondary N) is 2. The van der Waals surface area contributed by atoms with Crippen LogP contribution in [0.15, 0.2) is 9.53 Å². The van der Waals surface area contributed by atoms with Crippen molar-refractivity contribution >= 4 is 32.7 Å². The van der Waals surface area contributed by atoms with Gasteiger partial charge in [0.25, 0.3) is 16.2 Å². The number of fused-ring (bicyclic) bond motifs is 3. The number of halogens is 4. The van der Waals surface area contributed by atoms with Gasteiger partial charge in [0, 0.05) is 15.9 Å². The third-order valence-corrected chi connectivity index (χ3v) is 3.85.